The van der Waals surface area contributed by atoms with Gasteiger partial charge >= 0.3 is 0 Å². The molecule has 0 saturated heterocycles. The fourth-order valence-corrected chi connectivity index (χ4v) is 3.54. The summed E-state index contributed by atoms with van der Waals surface area (Å²) in [6.45, 7) is 1.63. The van der Waals surface area contributed by atoms with Gasteiger partial charge in [-0.1, -0.05) is 0 Å². The van der Waals surface area contributed by atoms with Crippen molar-refractivity contribution < 1.29 is 5.11 Å². The predicted octanol–water partition coefficient (Wildman–Crippen LogP) is 1.31. The van der Waals surface area contributed by atoms with Crippen LogP contribution in [0.25, 0.3) is 0 Å². The van der Waals surface area contributed by atoms with E-state index in [1.165, 1.54) is 0 Å². The second-order valence-corrected chi connectivity index (χ2v) is 6.50. The Bertz CT molecular complexity index is 563. The number of rotatable bonds is 5. The Kier molecular flexibility index (Phi) is 4.42. The molecule has 1 unspecified atom stereocenters. The molecule has 0 spiro atoms. The van der Waals surface area contributed by atoms with Crippen LogP contribution in [0.1, 0.15) is 18.5 Å². The summed E-state index contributed by atoms with van der Waals surface area (Å²) < 4.78 is 4.93. The topological polar surface area (TPSA) is 67.9 Å². The van der Waals surface area contributed by atoms with Crippen molar-refractivity contribution in [3.63, 3.8) is 0 Å². The number of aliphatic hydroxyl groups excluding tert-OH is 1. The maximum Gasteiger partial charge on any atom is 0.128 e. The van der Waals surface area contributed by atoms with Crippen LogP contribution >= 0.6 is 15.9 Å². The lowest BCUT2D eigenvalue weighted by Gasteiger charge is -2.16. The molecule has 1 aliphatic rings. The van der Waals surface area contributed by atoms with E-state index in [1.807, 2.05) is 24.1 Å². The van der Waals surface area contributed by atoms with Crippen molar-refractivity contribution >= 4 is 15.9 Å². The largest absolute Gasteiger partial charge is 0.391 e. The lowest BCUT2D eigenvalue weighted by atomic mass is 10.1. The number of nitrogens with zero attached hydrogens (tertiary/aromatic N) is 4. The third-order valence-corrected chi connectivity index (χ3v) is 4.86. The lowest BCUT2D eigenvalue weighted by molar-refractivity contribution is 0.145. The van der Waals surface area contributed by atoms with Gasteiger partial charge in [0.05, 0.1) is 24.5 Å². The Hall–Kier alpha value is -1.18. The Morgan fingerprint density at radius 1 is 1.43 bits per heavy atom. The van der Waals surface area contributed by atoms with Crippen LogP contribution in [0.2, 0.25) is 0 Å². The fraction of sp³-hybridized carbons (Fsp3) is 0.571. The molecule has 1 fully saturated rings. The Labute approximate surface area is 132 Å². The number of hydrogen-bond acceptors (Lipinski definition) is 4. The van der Waals surface area contributed by atoms with E-state index in [9.17, 15) is 5.11 Å². The van der Waals surface area contributed by atoms with Gasteiger partial charge in [-0.2, -0.15) is 0 Å². The lowest BCUT2D eigenvalue weighted by Crippen LogP contribution is -2.35. The number of aliphatic hydroxyl groups is 1. The molecule has 3 atom stereocenters. The highest BCUT2D eigenvalue weighted by molar-refractivity contribution is 9.10. The maximum atomic E-state index is 10.2. The predicted molar refractivity (Wildman–Crippen MR) is 82.5 cm³/mol. The number of nitrogens with one attached hydrogen (secondary N) is 1. The first-order valence-electron chi connectivity index (χ1n) is 7.16. The van der Waals surface area contributed by atoms with Gasteiger partial charge in [0.25, 0.3) is 0 Å². The second-order valence-electron chi connectivity index (χ2n) is 5.74. The zero-order valence-electron chi connectivity index (χ0n) is 12.0. The zero-order chi connectivity index (χ0) is 14.8. The van der Waals surface area contributed by atoms with Gasteiger partial charge in [-0.15, -0.1) is 0 Å². The molecule has 0 aliphatic heterocycles. The fourth-order valence-electron chi connectivity index (χ4n) is 3.03. The molecule has 21 heavy (non-hydrogen) atoms. The molecule has 2 aromatic rings. The molecule has 1 aliphatic carbocycles. The van der Waals surface area contributed by atoms with E-state index in [4.69, 9.17) is 0 Å². The average Bonchev–Trinajstić information content (AvgIpc) is 3.13. The average molecular weight is 354 g/mol. The molecule has 0 amide bonds. The molecule has 2 aromatic heterocycles. The van der Waals surface area contributed by atoms with Crippen LogP contribution in [-0.2, 0) is 20.1 Å². The van der Waals surface area contributed by atoms with Crippen LogP contribution in [0.15, 0.2) is 29.7 Å². The van der Waals surface area contributed by atoms with Gasteiger partial charge in [-0.3, -0.25) is 0 Å². The van der Waals surface area contributed by atoms with Gasteiger partial charge in [0.1, 0.15) is 4.60 Å². The first-order chi connectivity index (χ1) is 10.1. The van der Waals surface area contributed by atoms with Crippen molar-refractivity contribution in [2.75, 3.05) is 0 Å². The second kappa shape index (κ2) is 6.29. The van der Waals surface area contributed by atoms with Crippen LogP contribution < -0.4 is 5.32 Å². The van der Waals surface area contributed by atoms with Crippen molar-refractivity contribution in [1.82, 2.24) is 24.4 Å². The summed E-state index contributed by atoms with van der Waals surface area (Å²) in [5.74, 6) is 0.488. The Morgan fingerprint density at radius 2 is 2.29 bits per heavy atom. The van der Waals surface area contributed by atoms with E-state index in [1.54, 1.807) is 12.5 Å². The summed E-state index contributed by atoms with van der Waals surface area (Å²) in [7, 11) is 1.97. The third-order valence-electron chi connectivity index (χ3n) is 4.19. The summed E-state index contributed by atoms with van der Waals surface area (Å²) in [4.78, 5) is 8.27. The Balaban J connectivity index is 1.54. The van der Waals surface area contributed by atoms with Crippen LogP contribution in [0.4, 0.5) is 0 Å². The summed E-state index contributed by atoms with van der Waals surface area (Å²) in [5.41, 5.74) is 1.10. The molecular formula is C14H20BrN5O. The minimum Gasteiger partial charge on any atom is -0.391 e. The van der Waals surface area contributed by atoms with Crippen molar-refractivity contribution in [1.29, 1.82) is 0 Å². The number of hydrogen-bond donors (Lipinski definition) is 2. The van der Waals surface area contributed by atoms with Crippen LogP contribution in [-0.4, -0.2) is 36.4 Å². The number of halogens is 1. The molecule has 1 saturated carbocycles. The first kappa shape index (κ1) is 14.7. The number of aryl methyl sites for hydroxylation is 1. The van der Waals surface area contributed by atoms with Crippen molar-refractivity contribution in [2.45, 2.75) is 38.1 Å². The van der Waals surface area contributed by atoms with Gasteiger partial charge in [0, 0.05) is 38.6 Å². The van der Waals surface area contributed by atoms with E-state index in [-0.39, 0.29) is 12.1 Å². The molecule has 114 valence electrons. The maximum absolute atomic E-state index is 10.2. The molecule has 0 aromatic carbocycles. The molecule has 6 nitrogen and oxygen atoms in total. The van der Waals surface area contributed by atoms with Gasteiger partial charge in [0.15, 0.2) is 0 Å². The van der Waals surface area contributed by atoms with E-state index in [0.717, 1.165) is 29.7 Å². The van der Waals surface area contributed by atoms with Crippen molar-refractivity contribution in [3.05, 3.63) is 35.3 Å². The van der Waals surface area contributed by atoms with E-state index in [2.05, 4.69) is 35.8 Å². The standard InChI is InChI=1S/C14H20BrN5O/c1-19-9-18-14(15)12(19)6-17-11-4-10(5-13(11)21)7-20-3-2-16-8-20/h2-3,8-11,13,17,21H,4-7H2,1H3/t10?,11-,13-/m1/s1. The quantitative estimate of drug-likeness (QED) is 0.850. The molecule has 2 heterocycles. The highest BCUT2D eigenvalue weighted by atomic mass is 79.9. The monoisotopic (exact) mass is 353 g/mol. The molecule has 2 N–H and O–H groups in total. The van der Waals surface area contributed by atoms with E-state index in [0.29, 0.717) is 12.5 Å². The molecule has 0 bridgehead atoms. The SMILES string of the molecule is Cn1cnc(Br)c1CN[C@@H]1CC(Cn2ccnc2)C[C@H]1O. The van der Waals surface area contributed by atoms with E-state index >= 15 is 0 Å². The van der Waals surface area contributed by atoms with Crippen LogP contribution in [0.3, 0.4) is 0 Å². The van der Waals surface area contributed by atoms with Crippen molar-refractivity contribution in [2.24, 2.45) is 13.0 Å². The highest BCUT2D eigenvalue weighted by Gasteiger charge is 2.32. The summed E-state index contributed by atoms with van der Waals surface area (Å²) >= 11 is 3.45. The summed E-state index contributed by atoms with van der Waals surface area (Å²) in [5, 5.41) is 13.7. The summed E-state index contributed by atoms with van der Waals surface area (Å²) in [6, 6.07) is 0.139. The highest BCUT2D eigenvalue weighted by Crippen LogP contribution is 2.28. The first-order valence-corrected chi connectivity index (χ1v) is 7.95. The van der Waals surface area contributed by atoms with Gasteiger partial charge < -0.3 is 19.6 Å². The number of aromatic nitrogens is 4. The van der Waals surface area contributed by atoms with Gasteiger partial charge in [-0.05, 0) is 34.7 Å². The normalized spacial score (nSPS) is 25.6. The molecular weight excluding hydrogens is 334 g/mol. The molecule has 3 rings (SSSR count). The van der Waals surface area contributed by atoms with Gasteiger partial charge in [0.2, 0.25) is 0 Å². The minimum atomic E-state index is -0.287. The Morgan fingerprint density at radius 3 is 2.95 bits per heavy atom. The molecule has 7 heteroatoms. The summed E-state index contributed by atoms with van der Waals surface area (Å²) in [6.07, 6.45) is 8.91. The molecule has 0 radical (unpaired) electrons. The smallest absolute Gasteiger partial charge is 0.128 e. The third kappa shape index (κ3) is 3.36. The van der Waals surface area contributed by atoms with E-state index < -0.39 is 0 Å². The van der Waals surface area contributed by atoms with Crippen LogP contribution in [0, 0.1) is 5.92 Å². The van der Waals surface area contributed by atoms with Crippen molar-refractivity contribution in [3.8, 4) is 0 Å². The number of imidazole rings is 2. The van der Waals surface area contributed by atoms with Gasteiger partial charge in [-0.25, -0.2) is 9.97 Å². The minimum absolute atomic E-state index is 0.139. The van der Waals surface area contributed by atoms with Crippen LogP contribution in [0.5, 0.6) is 0 Å². The zero-order valence-corrected chi connectivity index (χ0v) is 13.6.